The van der Waals surface area contributed by atoms with E-state index in [1.54, 1.807) is 12.1 Å². The maximum Gasteiger partial charge on any atom is 0.271 e. The van der Waals surface area contributed by atoms with Crippen molar-refractivity contribution in [3.8, 4) is 17.6 Å². The van der Waals surface area contributed by atoms with E-state index in [-0.39, 0.29) is 39.3 Å². The Hall–Kier alpha value is -3.86. The average Bonchev–Trinajstić information content (AvgIpc) is 2.70. The van der Waals surface area contributed by atoms with Gasteiger partial charge < -0.3 is 15.2 Å². The molecule has 0 unspecified atom stereocenters. The van der Waals surface area contributed by atoms with E-state index in [4.69, 9.17) is 4.74 Å². The zero-order valence-electron chi connectivity index (χ0n) is 19.9. The molecule has 2 rings (SSSR count). The predicted molar refractivity (Wildman–Crippen MR) is 127 cm³/mol. The normalized spacial score (nSPS) is 12.1. The van der Waals surface area contributed by atoms with E-state index >= 15 is 0 Å². The summed E-state index contributed by atoms with van der Waals surface area (Å²) >= 11 is 0. The summed E-state index contributed by atoms with van der Waals surface area (Å²) in [6.45, 7) is 11.8. The monoisotopic (exact) mass is 451 g/mol. The van der Waals surface area contributed by atoms with Crippen molar-refractivity contribution in [3.63, 3.8) is 0 Å². The van der Waals surface area contributed by atoms with Gasteiger partial charge in [0.05, 0.1) is 17.7 Å². The van der Waals surface area contributed by atoms with Crippen molar-refractivity contribution in [1.29, 1.82) is 5.26 Å². The molecule has 0 heterocycles. The third-order valence-electron chi connectivity index (χ3n) is 5.07. The van der Waals surface area contributed by atoms with Crippen LogP contribution in [0.4, 0.5) is 11.4 Å². The lowest BCUT2D eigenvalue weighted by atomic mass is 9.78. The summed E-state index contributed by atoms with van der Waals surface area (Å²) < 4.78 is 5.16. The molecule has 0 bridgehead atoms. The second-order valence-corrected chi connectivity index (χ2v) is 9.73. The molecule has 0 fully saturated rings. The van der Waals surface area contributed by atoms with Crippen molar-refractivity contribution < 1.29 is 19.6 Å². The molecule has 0 aliphatic heterocycles. The number of carbonyl (C=O) groups is 1. The number of rotatable bonds is 5. The fourth-order valence-corrected chi connectivity index (χ4v) is 3.30. The largest absolute Gasteiger partial charge is 0.507 e. The molecule has 8 nitrogen and oxygen atoms in total. The van der Waals surface area contributed by atoms with Crippen LogP contribution in [0.5, 0.6) is 11.5 Å². The number of benzene rings is 2. The highest BCUT2D eigenvalue weighted by Gasteiger charge is 2.26. The maximum atomic E-state index is 12.9. The number of nitro benzene ring substituents is 1. The third-order valence-corrected chi connectivity index (χ3v) is 5.07. The van der Waals surface area contributed by atoms with Crippen molar-refractivity contribution in [3.05, 3.63) is 62.7 Å². The fraction of sp³-hybridized carbons (Fsp3) is 0.360. The summed E-state index contributed by atoms with van der Waals surface area (Å²) in [6.07, 6.45) is 1.43. The van der Waals surface area contributed by atoms with Gasteiger partial charge in [-0.3, -0.25) is 14.9 Å². The van der Waals surface area contributed by atoms with Gasteiger partial charge in [-0.1, -0.05) is 41.5 Å². The lowest BCUT2D eigenvalue weighted by Crippen LogP contribution is -2.18. The quantitative estimate of drug-likeness (QED) is 0.269. The van der Waals surface area contributed by atoms with Gasteiger partial charge in [-0.25, -0.2) is 0 Å². The summed E-state index contributed by atoms with van der Waals surface area (Å²) in [5.41, 5.74) is 0.873. The number of anilines is 1. The van der Waals surface area contributed by atoms with Crippen LogP contribution < -0.4 is 10.1 Å². The Labute approximate surface area is 193 Å². The van der Waals surface area contributed by atoms with E-state index < -0.39 is 10.8 Å². The van der Waals surface area contributed by atoms with Gasteiger partial charge >= 0.3 is 0 Å². The molecule has 0 spiro atoms. The number of non-ortho nitro benzene ring substituents is 1. The van der Waals surface area contributed by atoms with E-state index in [1.165, 1.54) is 31.4 Å². The van der Waals surface area contributed by atoms with Crippen LogP contribution in [0, 0.1) is 21.4 Å². The number of nitro groups is 1. The Balaban J connectivity index is 2.56. The minimum Gasteiger partial charge on any atom is -0.507 e. The number of phenolic OH excluding ortho intramolecular Hbond substituents is 1. The molecule has 2 aromatic rings. The van der Waals surface area contributed by atoms with Gasteiger partial charge in [0.15, 0.2) is 0 Å². The number of aromatic hydroxyl groups is 1. The van der Waals surface area contributed by atoms with Crippen LogP contribution >= 0.6 is 0 Å². The number of methoxy groups -OCH3 is 1. The van der Waals surface area contributed by atoms with E-state index in [9.17, 15) is 25.3 Å². The summed E-state index contributed by atoms with van der Waals surface area (Å²) in [4.78, 5) is 23.4. The van der Waals surface area contributed by atoms with E-state index in [0.29, 0.717) is 16.7 Å². The van der Waals surface area contributed by atoms with Crippen molar-refractivity contribution in [2.75, 3.05) is 12.4 Å². The number of amides is 1. The SMILES string of the molecule is COc1ccc([N+](=O)[O-])cc1NC(=O)/C(C#N)=C/c1cc(C(C)(C)C)c(O)c(C(C)(C)C)c1. The Morgan fingerprint density at radius 3 is 2.09 bits per heavy atom. The highest BCUT2D eigenvalue weighted by molar-refractivity contribution is 6.10. The third kappa shape index (κ3) is 5.89. The molecular formula is C25H29N3O5. The minimum absolute atomic E-state index is 0.0781. The smallest absolute Gasteiger partial charge is 0.271 e. The predicted octanol–water partition coefficient (Wildman–Crippen LogP) is 5.45. The average molecular weight is 452 g/mol. The van der Waals surface area contributed by atoms with Gasteiger partial charge in [-0.05, 0) is 40.7 Å². The van der Waals surface area contributed by atoms with E-state index in [2.05, 4.69) is 5.32 Å². The molecule has 1 amide bonds. The Bertz CT molecular complexity index is 1130. The number of nitrogens with one attached hydrogen (secondary N) is 1. The molecule has 174 valence electrons. The molecule has 0 aliphatic carbocycles. The first-order valence-corrected chi connectivity index (χ1v) is 10.3. The standard InChI is InChI=1S/C25H29N3O5/c1-24(2,3)18-11-15(12-19(22(18)29)25(4,5)6)10-16(14-26)23(30)27-20-13-17(28(31)32)8-9-21(20)33-7/h8-13,29H,1-7H3,(H,27,30)/b16-10+. The van der Waals surface area contributed by atoms with Gasteiger partial charge in [0, 0.05) is 23.3 Å². The first-order valence-electron chi connectivity index (χ1n) is 10.3. The number of hydrogen-bond donors (Lipinski definition) is 2. The highest BCUT2D eigenvalue weighted by atomic mass is 16.6. The van der Waals surface area contributed by atoms with Crippen molar-refractivity contribution >= 4 is 23.4 Å². The highest BCUT2D eigenvalue weighted by Crippen LogP contribution is 2.40. The molecule has 8 heteroatoms. The van der Waals surface area contributed by atoms with Gasteiger partial charge in [-0.15, -0.1) is 0 Å². The van der Waals surface area contributed by atoms with Crippen LogP contribution in [-0.2, 0) is 15.6 Å². The second kappa shape index (κ2) is 9.33. The minimum atomic E-state index is -0.737. The zero-order valence-corrected chi connectivity index (χ0v) is 19.9. The molecular weight excluding hydrogens is 422 g/mol. The Morgan fingerprint density at radius 1 is 1.12 bits per heavy atom. The number of phenols is 1. The molecule has 33 heavy (non-hydrogen) atoms. The Morgan fingerprint density at radius 2 is 1.67 bits per heavy atom. The zero-order chi connectivity index (χ0) is 25.1. The lowest BCUT2D eigenvalue weighted by molar-refractivity contribution is -0.384. The van der Waals surface area contributed by atoms with Crippen LogP contribution in [0.15, 0.2) is 35.9 Å². The van der Waals surface area contributed by atoms with Crippen molar-refractivity contribution in [2.45, 2.75) is 52.4 Å². The van der Waals surface area contributed by atoms with Gasteiger partial charge in [-0.2, -0.15) is 5.26 Å². The number of ether oxygens (including phenoxy) is 1. The summed E-state index contributed by atoms with van der Waals surface area (Å²) in [7, 11) is 1.37. The van der Waals surface area contributed by atoms with Crippen LogP contribution in [0.25, 0.3) is 6.08 Å². The van der Waals surface area contributed by atoms with Crippen LogP contribution in [-0.4, -0.2) is 23.0 Å². The molecule has 0 saturated carbocycles. The first kappa shape index (κ1) is 25.4. The maximum absolute atomic E-state index is 12.9. The summed E-state index contributed by atoms with van der Waals surface area (Å²) in [6, 6.07) is 9.19. The van der Waals surface area contributed by atoms with Gasteiger partial charge in [0.1, 0.15) is 23.1 Å². The number of hydrogen-bond acceptors (Lipinski definition) is 6. The van der Waals surface area contributed by atoms with Crippen molar-refractivity contribution in [2.24, 2.45) is 0 Å². The van der Waals surface area contributed by atoms with E-state index in [0.717, 1.165) is 0 Å². The van der Waals surface area contributed by atoms with Crippen LogP contribution in [0.2, 0.25) is 0 Å². The van der Waals surface area contributed by atoms with Gasteiger partial charge in [0.25, 0.3) is 11.6 Å². The molecule has 0 aromatic heterocycles. The topological polar surface area (TPSA) is 125 Å². The Kier molecular flexibility index (Phi) is 7.18. The first-order chi connectivity index (χ1) is 15.2. The number of carbonyl (C=O) groups excluding carboxylic acids is 1. The molecule has 0 saturated heterocycles. The fourth-order valence-electron chi connectivity index (χ4n) is 3.30. The molecule has 2 aromatic carbocycles. The van der Waals surface area contributed by atoms with Crippen molar-refractivity contribution in [1.82, 2.24) is 0 Å². The molecule has 0 atom stereocenters. The number of nitrogens with zero attached hydrogens (tertiary/aromatic N) is 2. The van der Waals surface area contributed by atoms with E-state index in [1.807, 2.05) is 47.6 Å². The molecule has 0 aliphatic rings. The second-order valence-electron chi connectivity index (χ2n) is 9.73. The molecule has 0 radical (unpaired) electrons. The number of nitriles is 1. The summed E-state index contributed by atoms with van der Waals surface area (Å²) in [5.74, 6) is -0.323. The van der Waals surface area contributed by atoms with Crippen LogP contribution in [0.1, 0.15) is 58.2 Å². The summed E-state index contributed by atoms with van der Waals surface area (Å²) in [5, 5.41) is 34.1. The van der Waals surface area contributed by atoms with Crippen LogP contribution in [0.3, 0.4) is 0 Å². The lowest BCUT2D eigenvalue weighted by Gasteiger charge is -2.28. The molecule has 2 N–H and O–H groups in total. The van der Waals surface area contributed by atoms with Gasteiger partial charge in [0.2, 0.25) is 0 Å².